The molecule has 3 nitrogen and oxygen atoms in total. The number of aldehydes is 1. The van der Waals surface area contributed by atoms with Crippen molar-refractivity contribution >= 4 is 33.8 Å². The van der Waals surface area contributed by atoms with E-state index < -0.39 is 0 Å². The molecule has 2 rings (SSSR count). The molecular weight excluding hydrogens is 258 g/mol. The summed E-state index contributed by atoms with van der Waals surface area (Å²) >= 11 is 3.33. The molecule has 0 saturated heterocycles. The van der Waals surface area contributed by atoms with Crippen molar-refractivity contribution in [2.45, 2.75) is 13.3 Å². The molecule has 0 atom stereocenters. The molecule has 0 fully saturated rings. The number of rotatable bonds is 1. The van der Waals surface area contributed by atoms with Crippen LogP contribution in [0.5, 0.6) is 0 Å². The predicted molar refractivity (Wildman–Crippen MR) is 61.3 cm³/mol. The van der Waals surface area contributed by atoms with Gasteiger partial charge in [0.1, 0.15) is 0 Å². The van der Waals surface area contributed by atoms with Gasteiger partial charge in [-0.15, -0.1) is 0 Å². The average Bonchev–Trinajstić information content (AvgIpc) is 2.59. The third-order valence-corrected chi connectivity index (χ3v) is 3.29. The molecule has 15 heavy (non-hydrogen) atoms. The lowest BCUT2D eigenvalue weighted by atomic mass is 10.1. The lowest BCUT2D eigenvalue weighted by molar-refractivity contribution is -0.116. The highest BCUT2D eigenvalue weighted by atomic mass is 79.9. The van der Waals surface area contributed by atoms with E-state index >= 15 is 0 Å². The molecule has 4 heteroatoms. The Morgan fingerprint density at radius 2 is 2.27 bits per heavy atom. The molecule has 0 N–H and O–H groups in total. The SMILES string of the molecule is CC(=O)N1CCc2cc(Br)c(C=O)cc21. The van der Waals surface area contributed by atoms with Gasteiger partial charge in [0, 0.05) is 29.2 Å². The topological polar surface area (TPSA) is 37.4 Å². The summed E-state index contributed by atoms with van der Waals surface area (Å²) in [6, 6.07) is 3.68. The molecule has 78 valence electrons. The number of carbonyl (C=O) groups excluding carboxylic acids is 2. The fourth-order valence-electron chi connectivity index (χ4n) is 1.84. The molecule has 0 aromatic heterocycles. The van der Waals surface area contributed by atoms with E-state index in [4.69, 9.17) is 0 Å². The van der Waals surface area contributed by atoms with Crippen molar-refractivity contribution < 1.29 is 9.59 Å². The molecule has 0 spiro atoms. The zero-order chi connectivity index (χ0) is 11.0. The first-order valence-corrected chi connectivity index (χ1v) is 5.48. The highest BCUT2D eigenvalue weighted by Gasteiger charge is 2.23. The van der Waals surface area contributed by atoms with Crippen LogP contribution in [-0.2, 0) is 11.2 Å². The van der Waals surface area contributed by atoms with E-state index in [9.17, 15) is 9.59 Å². The van der Waals surface area contributed by atoms with Gasteiger partial charge in [-0.2, -0.15) is 0 Å². The number of amides is 1. The minimum Gasteiger partial charge on any atom is -0.312 e. The van der Waals surface area contributed by atoms with E-state index in [-0.39, 0.29) is 5.91 Å². The van der Waals surface area contributed by atoms with Crippen LogP contribution < -0.4 is 4.90 Å². The van der Waals surface area contributed by atoms with E-state index in [1.165, 1.54) is 6.92 Å². The summed E-state index contributed by atoms with van der Waals surface area (Å²) in [5, 5.41) is 0. The third-order valence-electron chi connectivity index (χ3n) is 2.60. The highest BCUT2D eigenvalue weighted by Crippen LogP contribution is 2.32. The number of fused-ring (bicyclic) bond motifs is 1. The fraction of sp³-hybridized carbons (Fsp3) is 0.273. The summed E-state index contributed by atoms with van der Waals surface area (Å²) in [5.74, 6) is 0.0212. The molecule has 0 aliphatic carbocycles. The van der Waals surface area contributed by atoms with E-state index in [0.29, 0.717) is 12.1 Å². The van der Waals surface area contributed by atoms with Crippen LogP contribution in [0.3, 0.4) is 0 Å². The van der Waals surface area contributed by atoms with E-state index in [0.717, 1.165) is 28.4 Å². The summed E-state index contributed by atoms with van der Waals surface area (Å²) in [6.07, 6.45) is 1.65. The van der Waals surface area contributed by atoms with Crippen LogP contribution in [0.4, 0.5) is 5.69 Å². The summed E-state index contributed by atoms with van der Waals surface area (Å²) in [4.78, 5) is 23.8. The van der Waals surface area contributed by atoms with Crippen molar-refractivity contribution in [3.8, 4) is 0 Å². The van der Waals surface area contributed by atoms with Crippen molar-refractivity contribution in [1.29, 1.82) is 0 Å². The standard InChI is InChI=1S/C11H10BrNO2/c1-7(15)13-3-2-8-4-10(12)9(6-14)5-11(8)13/h4-6H,2-3H2,1H3. The Hall–Kier alpha value is -1.16. The van der Waals surface area contributed by atoms with Crippen LogP contribution in [0.1, 0.15) is 22.8 Å². The molecule has 1 aliphatic heterocycles. The number of hydrogen-bond acceptors (Lipinski definition) is 2. The first-order chi connectivity index (χ1) is 7.13. The fourth-order valence-corrected chi connectivity index (χ4v) is 2.33. The number of nitrogens with zero attached hydrogens (tertiary/aromatic N) is 1. The van der Waals surface area contributed by atoms with Gasteiger partial charge >= 0.3 is 0 Å². The summed E-state index contributed by atoms with van der Waals surface area (Å²) in [6.45, 7) is 2.25. The van der Waals surface area contributed by atoms with Crippen LogP contribution in [0.15, 0.2) is 16.6 Å². The van der Waals surface area contributed by atoms with E-state index in [1.54, 1.807) is 11.0 Å². The van der Waals surface area contributed by atoms with Gasteiger partial charge in [0.05, 0.1) is 0 Å². The summed E-state index contributed by atoms with van der Waals surface area (Å²) < 4.78 is 0.793. The van der Waals surface area contributed by atoms with Gasteiger partial charge in [0.15, 0.2) is 6.29 Å². The second kappa shape index (κ2) is 3.77. The van der Waals surface area contributed by atoms with Gasteiger partial charge in [0.2, 0.25) is 5.91 Å². The lowest BCUT2D eigenvalue weighted by Gasteiger charge is -2.15. The largest absolute Gasteiger partial charge is 0.312 e. The third kappa shape index (κ3) is 1.69. The highest BCUT2D eigenvalue weighted by molar-refractivity contribution is 9.10. The molecule has 1 heterocycles. The second-order valence-corrected chi connectivity index (χ2v) is 4.40. The second-order valence-electron chi connectivity index (χ2n) is 3.54. The van der Waals surface area contributed by atoms with Crippen molar-refractivity contribution in [2.75, 3.05) is 11.4 Å². The lowest BCUT2D eigenvalue weighted by Crippen LogP contribution is -2.25. The molecular formula is C11H10BrNO2. The zero-order valence-corrected chi connectivity index (χ0v) is 9.87. The average molecular weight is 268 g/mol. The maximum absolute atomic E-state index is 11.3. The molecule has 1 aliphatic rings. The molecule has 0 saturated carbocycles. The number of anilines is 1. The quantitative estimate of drug-likeness (QED) is 0.732. The van der Waals surface area contributed by atoms with Crippen molar-refractivity contribution in [2.24, 2.45) is 0 Å². The summed E-state index contributed by atoms with van der Waals surface area (Å²) in [5.41, 5.74) is 2.57. The smallest absolute Gasteiger partial charge is 0.223 e. The van der Waals surface area contributed by atoms with Crippen LogP contribution in [0.25, 0.3) is 0 Å². The number of benzene rings is 1. The Morgan fingerprint density at radius 1 is 1.53 bits per heavy atom. The normalized spacial score (nSPS) is 13.9. The molecule has 0 bridgehead atoms. The van der Waals surface area contributed by atoms with Gasteiger partial charge in [-0.1, -0.05) is 15.9 Å². The monoisotopic (exact) mass is 267 g/mol. The predicted octanol–water partition coefficient (Wildman–Crippen LogP) is 2.17. The Bertz CT molecular complexity index is 442. The Labute approximate surface area is 96.2 Å². The van der Waals surface area contributed by atoms with Gasteiger partial charge in [-0.3, -0.25) is 9.59 Å². The first-order valence-electron chi connectivity index (χ1n) is 4.69. The number of halogens is 1. The summed E-state index contributed by atoms with van der Waals surface area (Å²) in [7, 11) is 0. The van der Waals surface area contributed by atoms with Crippen molar-refractivity contribution in [3.63, 3.8) is 0 Å². The molecule has 1 aromatic carbocycles. The molecule has 0 radical (unpaired) electrons. The number of hydrogen-bond donors (Lipinski definition) is 0. The van der Waals surface area contributed by atoms with Crippen LogP contribution in [-0.4, -0.2) is 18.7 Å². The van der Waals surface area contributed by atoms with Crippen molar-refractivity contribution in [3.05, 3.63) is 27.7 Å². The van der Waals surface area contributed by atoms with Gasteiger partial charge in [-0.05, 0) is 24.1 Å². The minimum absolute atomic E-state index is 0.0212. The number of carbonyl (C=O) groups is 2. The molecule has 1 aromatic rings. The van der Waals surface area contributed by atoms with Crippen LogP contribution in [0, 0.1) is 0 Å². The molecule has 0 unspecified atom stereocenters. The Kier molecular flexibility index (Phi) is 2.61. The zero-order valence-electron chi connectivity index (χ0n) is 8.29. The molecule has 1 amide bonds. The maximum atomic E-state index is 11.3. The maximum Gasteiger partial charge on any atom is 0.223 e. The van der Waals surface area contributed by atoms with Gasteiger partial charge in [-0.25, -0.2) is 0 Å². The minimum atomic E-state index is 0.0212. The first kappa shape index (κ1) is 10.4. The van der Waals surface area contributed by atoms with Gasteiger partial charge < -0.3 is 4.90 Å². The van der Waals surface area contributed by atoms with Crippen LogP contribution >= 0.6 is 15.9 Å². The Balaban J connectivity index is 2.53. The van der Waals surface area contributed by atoms with Gasteiger partial charge in [0.25, 0.3) is 0 Å². The Morgan fingerprint density at radius 3 is 2.87 bits per heavy atom. The van der Waals surface area contributed by atoms with E-state index in [1.807, 2.05) is 6.07 Å². The van der Waals surface area contributed by atoms with E-state index in [2.05, 4.69) is 15.9 Å². The van der Waals surface area contributed by atoms with Crippen molar-refractivity contribution in [1.82, 2.24) is 0 Å². The van der Waals surface area contributed by atoms with Crippen LogP contribution in [0.2, 0.25) is 0 Å².